The van der Waals surface area contributed by atoms with E-state index in [2.05, 4.69) is 22.0 Å². The van der Waals surface area contributed by atoms with E-state index in [1.54, 1.807) is 37.7 Å². The minimum atomic E-state index is 0.584. The van der Waals surface area contributed by atoms with Crippen LogP contribution in [0.5, 0.6) is 11.5 Å². The first-order valence-electron chi connectivity index (χ1n) is 5.77. The molecule has 0 fully saturated rings. The summed E-state index contributed by atoms with van der Waals surface area (Å²) in [6.45, 7) is 0. The summed E-state index contributed by atoms with van der Waals surface area (Å²) in [4.78, 5) is 1.02. The molecule has 0 bridgehead atoms. The summed E-state index contributed by atoms with van der Waals surface area (Å²) in [5, 5.41) is 9.34. The van der Waals surface area contributed by atoms with Gasteiger partial charge in [0.1, 0.15) is 0 Å². The Morgan fingerprint density at radius 3 is 2.50 bits per heavy atom. The first kappa shape index (κ1) is 14.6. The van der Waals surface area contributed by atoms with Crippen LogP contribution in [0.2, 0.25) is 0 Å². The number of hydrogen-bond donors (Lipinski definition) is 0. The molecular formula is C15H12BrNO2S. The van der Waals surface area contributed by atoms with Crippen LogP contribution in [-0.2, 0) is 0 Å². The number of methoxy groups -OCH3 is 2. The summed E-state index contributed by atoms with van der Waals surface area (Å²) in [5.41, 5.74) is 1.38. The van der Waals surface area contributed by atoms with E-state index in [0.29, 0.717) is 17.1 Å². The van der Waals surface area contributed by atoms with Gasteiger partial charge in [-0.25, -0.2) is 0 Å². The topological polar surface area (TPSA) is 42.2 Å². The molecule has 1 aromatic heterocycles. The maximum Gasteiger partial charge on any atom is 0.161 e. The zero-order valence-electron chi connectivity index (χ0n) is 11.0. The third-order valence-electron chi connectivity index (χ3n) is 2.70. The Labute approximate surface area is 130 Å². The van der Waals surface area contributed by atoms with Gasteiger partial charge in [-0.3, -0.25) is 0 Å². The van der Waals surface area contributed by atoms with Crippen molar-refractivity contribution in [3.05, 3.63) is 44.6 Å². The van der Waals surface area contributed by atoms with Gasteiger partial charge in [-0.2, -0.15) is 5.26 Å². The lowest BCUT2D eigenvalue weighted by molar-refractivity contribution is 0.355. The van der Waals surface area contributed by atoms with Gasteiger partial charge in [0.25, 0.3) is 0 Å². The van der Waals surface area contributed by atoms with Crippen LogP contribution < -0.4 is 9.47 Å². The van der Waals surface area contributed by atoms with Crippen molar-refractivity contribution in [2.45, 2.75) is 0 Å². The molecule has 0 aliphatic rings. The van der Waals surface area contributed by atoms with Crippen molar-refractivity contribution < 1.29 is 9.47 Å². The van der Waals surface area contributed by atoms with Crippen molar-refractivity contribution in [2.24, 2.45) is 0 Å². The van der Waals surface area contributed by atoms with Crippen LogP contribution in [0.1, 0.15) is 10.4 Å². The van der Waals surface area contributed by atoms with E-state index in [0.717, 1.165) is 14.2 Å². The number of allylic oxidation sites excluding steroid dienone is 1. The molecule has 5 heteroatoms. The molecule has 2 rings (SSSR count). The van der Waals surface area contributed by atoms with Crippen LogP contribution in [0.4, 0.5) is 0 Å². The molecule has 0 N–H and O–H groups in total. The number of rotatable bonds is 4. The second-order valence-electron chi connectivity index (χ2n) is 3.88. The Morgan fingerprint density at radius 2 is 1.95 bits per heavy atom. The number of hydrogen-bond acceptors (Lipinski definition) is 4. The molecule has 0 aliphatic carbocycles. The molecule has 2 aromatic rings. The van der Waals surface area contributed by atoms with E-state index in [1.807, 2.05) is 24.3 Å². The van der Waals surface area contributed by atoms with Gasteiger partial charge in [-0.15, -0.1) is 11.3 Å². The van der Waals surface area contributed by atoms with E-state index in [1.165, 1.54) is 0 Å². The minimum absolute atomic E-state index is 0.584. The van der Waals surface area contributed by atoms with Gasteiger partial charge in [0.15, 0.2) is 11.5 Å². The summed E-state index contributed by atoms with van der Waals surface area (Å²) in [6, 6.07) is 11.6. The minimum Gasteiger partial charge on any atom is -0.493 e. The monoisotopic (exact) mass is 349 g/mol. The average molecular weight is 350 g/mol. The van der Waals surface area contributed by atoms with Crippen molar-refractivity contribution in [2.75, 3.05) is 14.2 Å². The van der Waals surface area contributed by atoms with E-state index in [-0.39, 0.29) is 0 Å². The molecule has 0 saturated heterocycles. The lowest BCUT2D eigenvalue weighted by Crippen LogP contribution is -1.92. The summed E-state index contributed by atoms with van der Waals surface area (Å²) in [7, 11) is 3.16. The molecule has 0 saturated carbocycles. The second-order valence-corrected chi connectivity index (χ2v) is 6.38. The average Bonchev–Trinajstić information content (AvgIpc) is 2.89. The maximum absolute atomic E-state index is 9.34. The van der Waals surface area contributed by atoms with Crippen molar-refractivity contribution in [3.63, 3.8) is 0 Å². The van der Waals surface area contributed by atoms with Gasteiger partial charge >= 0.3 is 0 Å². The first-order chi connectivity index (χ1) is 9.67. The highest BCUT2D eigenvalue weighted by Gasteiger charge is 2.08. The Hall–Kier alpha value is -1.77. The molecule has 20 heavy (non-hydrogen) atoms. The smallest absolute Gasteiger partial charge is 0.161 e. The highest BCUT2D eigenvalue weighted by atomic mass is 79.9. The number of nitrogens with zero attached hydrogens (tertiary/aromatic N) is 1. The summed E-state index contributed by atoms with van der Waals surface area (Å²) in [6.07, 6.45) is 1.86. The Kier molecular flexibility index (Phi) is 4.83. The zero-order valence-corrected chi connectivity index (χ0v) is 13.4. The van der Waals surface area contributed by atoms with Gasteiger partial charge in [0, 0.05) is 4.88 Å². The Morgan fingerprint density at radius 1 is 1.20 bits per heavy atom. The van der Waals surface area contributed by atoms with Crippen molar-refractivity contribution in [1.29, 1.82) is 5.26 Å². The molecule has 1 heterocycles. The second kappa shape index (κ2) is 6.60. The lowest BCUT2D eigenvalue weighted by Gasteiger charge is -2.08. The molecule has 0 radical (unpaired) electrons. The predicted octanol–water partition coefficient (Wildman–Crippen LogP) is 4.59. The summed E-state index contributed by atoms with van der Waals surface area (Å²) in [5.74, 6) is 1.26. The SMILES string of the molecule is COc1ccc(C(C#N)=Cc2ccc(Br)s2)cc1OC. The molecular weight excluding hydrogens is 338 g/mol. The van der Waals surface area contributed by atoms with Gasteiger partial charge in [-0.05, 0) is 57.9 Å². The fraction of sp³-hybridized carbons (Fsp3) is 0.133. The van der Waals surface area contributed by atoms with Crippen molar-refractivity contribution in [1.82, 2.24) is 0 Å². The number of ether oxygens (including phenoxy) is 2. The third kappa shape index (κ3) is 3.21. The summed E-state index contributed by atoms with van der Waals surface area (Å²) >= 11 is 4.99. The number of nitriles is 1. The largest absolute Gasteiger partial charge is 0.493 e. The normalized spacial score (nSPS) is 11.0. The molecule has 0 spiro atoms. The quantitative estimate of drug-likeness (QED) is 0.758. The molecule has 0 atom stereocenters. The van der Waals surface area contributed by atoms with E-state index in [4.69, 9.17) is 9.47 Å². The highest BCUT2D eigenvalue weighted by Crippen LogP contribution is 2.32. The van der Waals surface area contributed by atoms with Crippen LogP contribution >= 0.6 is 27.3 Å². The van der Waals surface area contributed by atoms with E-state index < -0.39 is 0 Å². The molecule has 102 valence electrons. The molecule has 0 unspecified atom stereocenters. The predicted molar refractivity (Wildman–Crippen MR) is 85.0 cm³/mol. The number of benzene rings is 1. The van der Waals surface area contributed by atoms with Gasteiger partial charge in [-0.1, -0.05) is 0 Å². The fourth-order valence-electron chi connectivity index (χ4n) is 1.73. The van der Waals surface area contributed by atoms with Gasteiger partial charge in [0.05, 0.1) is 29.6 Å². The first-order valence-corrected chi connectivity index (χ1v) is 7.38. The van der Waals surface area contributed by atoms with Gasteiger partial charge in [0.2, 0.25) is 0 Å². The van der Waals surface area contributed by atoms with Crippen molar-refractivity contribution >= 4 is 38.9 Å². The van der Waals surface area contributed by atoms with Crippen LogP contribution in [0.3, 0.4) is 0 Å². The zero-order chi connectivity index (χ0) is 14.5. The number of halogens is 1. The van der Waals surface area contributed by atoms with E-state index >= 15 is 0 Å². The lowest BCUT2D eigenvalue weighted by atomic mass is 10.1. The number of thiophene rings is 1. The van der Waals surface area contributed by atoms with Gasteiger partial charge < -0.3 is 9.47 Å². The Bertz CT molecular complexity index is 685. The standard InChI is InChI=1S/C15H12BrNO2S/c1-18-13-5-3-10(8-14(13)19-2)11(9-17)7-12-4-6-15(16)20-12/h3-8H,1-2H3. The maximum atomic E-state index is 9.34. The van der Waals surface area contributed by atoms with E-state index in [9.17, 15) is 5.26 Å². The molecule has 0 amide bonds. The fourth-order valence-corrected chi connectivity index (χ4v) is 3.10. The summed E-state index contributed by atoms with van der Waals surface area (Å²) < 4.78 is 11.5. The van der Waals surface area contributed by atoms with Crippen LogP contribution in [0.15, 0.2) is 34.1 Å². The Balaban J connectivity index is 2.42. The highest BCUT2D eigenvalue weighted by molar-refractivity contribution is 9.11. The van der Waals surface area contributed by atoms with Crippen LogP contribution in [0, 0.1) is 11.3 Å². The van der Waals surface area contributed by atoms with Crippen molar-refractivity contribution in [3.8, 4) is 17.6 Å². The van der Waals surface area contributed by atoms with Crippen LogP contribution in [-0.4, -0.2) is 14.2 Å². The van der Waals surface area contributed by atoms with Crippen LogP contribution in [0.25, 0.3) is 11.6 Å². The molecule has 1 aromatic carbocycles. The molecule has 0 aliphatic heterocycles. The third-order valence-corrected chi connectivity index (χ3v) is 4.27. The molecule has 3 nitrogen and oxygen atoms in total.